The minimum Gasteiger partial charge on any atom is -0.444 e. The SMILES string of the molecule is C[C@H](NC(=O)[C@@H](NC(=O)OC(C)(C)C)[C@H](C)OCc1ccccc1)c1ccccc1. The zero-order chi connectivity index (χ0) is 22.1. The molecule has 6 nitrogen and oxygen atoms in total. The Kier molecular flexibility index (Phi) is 8.42. The van der Waals surface area contributed by atoms with Crippen molar-refractivity contribution in [2.75, 3.05) is 0 Å². The Morgan fingerprint density at radius 1 is 0.900 bits per heavy atom. The molecule has 0 aliphatic heterocycles. The highest BCUT2D eigenvalue weighted by Crippen LogP contribution is 2.14. The molecule has 0 bridgehead atoms. The second-order valence-corrected chi connectivity index (χ2v) is 8.27. The van der Waals surface area contributed by atoms with Crippen LogP contribution in [0.3, 0.4) is 0 Å². The van der Waals surface area contributed by atoms with Crippen molar-refractivity contribution in [2.45, 2.75) is 65.0 Å². The minimum absolute atomic E-state index is 0.219. The van der Waals surface area contributed by atoms with Crippen molar-refractivity contribution < 1.29 is 19.1 Å². The summed E-state index contributed by atoms with van der Waals surface area (Å²) < 4.78 is 11.2. The fourth-order valence-corrected chi connectivity index (χ4v) is 2.86. The molecule has 0 unspecified atom stereocenters. The van der Waals surface area contributed by atoms with Gasteiger partial charge in [-0.3, -0.25) is 4.79 Å². The molecule has 162 valence electrons. The number of hydrogen-bond acceptors (Lipinski definition) is 4. The molecular formula is C24H32N2O4. The van der Waals surface area contributed by atoms with Gasteiger partial charge in [-0.25, -0.2) is 4.79 Å². The number of carbonyl (C=O) groups excluding carboxylic acids is 2. The van der Waals surface area contributed by atoms with E-state index in [0.29, 0.717) is 6.61 Å². The summed E-state index contributed by atoms with van der Waals surface area (Å²) in [5.41, 5.74) is 1.29. The standard InChI is InChI=1S/C24H32N2O4/c1-17(20-14-10-7-11-15-20)25-22(27)21(26-23(28)30-24(3,4)5)18(2)29-16-19-12-8-6-9-13-19/h6-15,17-18,21H,16H2,1-5H3,(H,25,27)(H,26,28)/t17-,18-,21-/m0/s1. The van der Waals surface area contributed by atoms with E-state index in [1.807, 2.05) is 67.6 Å². The zero-order valence-electron chi connectivity index (χ0n) is 18.3. The van der Waals surface area contributed by atoms with E-state index in [1.165, 1.54) is 0 Å². The first kappa shape index (κ1) is 23.4. The Labute approximate surface area is 179 Å². The largest absolute Gasteiger partial charge is 0.444 e. The summed E-state index contributed by atoms with van der Waals surface area (Å²) in [4.78, 5) is 25.4. The van der Waals surface area contributed by atoms with E-state index >= 15 is 0 Å². The van der Waals surface area contributed by atoms with Crippen molar-refractivity contribution in [1.82, 2.24) is 10.6 Å². The van der Waals surface area contributed by atoms with Crippen LogP contribution < -0.4 is 10.6 Å². The normalized spacial score (nSPS) is 14.3. The van der Waals surface area contributed by atoms with E-state index in [0.717, 1.165) is 11.1 Å². The van der Waals surface area contributed by atoms with Crippen LogP contribution in [0.2, 0.25) is 0 Å². The van der Waals surface area contributed by atoms with Gasteiger partial charge in [-0.15, -0.1) is 0 Å². The molecule has 2 aromatic carbocycles. The van der Waals surface area contributed by atoms with Gasteiger partial charge in [-0.1, -0.05) is 60.7 Å². The van der Waals surface area contributed by atoms with Crippen molar-refractivity contribution in [3.05, 3.63) is 71.8 Å². The summed E-state index contributed by atoms with van der Waals surface area (Å²) in [6.45, 7) is 9.30. The third-order valence-corrected chi connectivity index (χ3v) is 4.44. The van der Waals surface area contributed by atoms with Gasteiger partial charge in [-0.2, -0.15) is 0 Å². The van der Waals surface area contributed by atoms with Gasteiger partial charge in [0, 0.05) is 0 Å². The molecule has 3 atom stereocenters. The van der Waals surface area contributed by atoms with E-state index in [9.17, 15) is 9.59 Å². The smallest absolute Gasteiger partial charge is 0.408 e. The monoisotopic (exact) mass is 412 g/mol. The second-order valence-electron chi connectivity index (χ2n) is 8.27. The molecule has 0 spiro atoms. The fraction of sp³-hybridized carbons (Fsp3) is 0.417. The lowest BCUT2D eigenvalue weighted by molar-refractivity contribution is -0.127. The van der Waals surface area contributed by atoms with E-state index < -0.39 is 23.8 Å². The average Bonchev–Trinajstić information content (AvgIpc) is 2.70. The predicted octanol–water partition coefficient (Wildman–Crippen LogP) is 4.36. The van der Waals surface area contributed by atoms with Crippen molar-refractivity contribution in [1.29, 1.82) is 0 Å². The molecule has 0 saturated heterocycles. The highest BCUT2D eigenvalue weighted by Gasteiger charge is 2.30. The van der Waals surface area contributed by atoms with E-state index in [-0.39, 0.29) is 11.9 Å². The second kappa shape index (κ2) is 10.8. The van der Waals surface area contributed by atoms with Crippen molar-refractivity contribution in [3.63, 3.8) is 0 Å². The number of carbonyl (C=O) groups is 2. The molecule has 30 heavy (non-hydrogen) atoms. The minimum atomic E-state index is -0.908. The van der Waals surface area contributed by atoms with Crippen LogP contribution in [0.25, 0.3) is 0 Å². The predicted molar refractivity (Wildman–Crippen MR) is 117 cm³/mol. The molecule has 0 aliphatic carbocycles. The van der Waals surface area contributed by atoms with Crippen LogP contribution in [0.5, 0.6) is 0 Å². The number of benzene rings is 2. The van der Waals surface area contributed by atoms with Gasteiger partial charge >= 0.3 is 6.09 Å². The Hall–Kier alpha value is -2.86. The Balaban J connectivity index is 2.08. The maximum Gasteiger partial charge on any atom is 0.408 e. The van der Waals surface area contributed by atoms with Crippen molar-refractivity contribution in [2.24, 2.45) is 0 Å². The quantitative estimate of drug-likeness (QED) is 0.675. The van der Waals surface area contributed by atoms with Gasteiger partial charge in [0.05, 0.1) is 18.8 Å². The van der Waals surface area contributed by atoms with Crippen LogP contribution in [0.1, 0.15) is 51.8 Å². The molecular weight excluding hydrogens is 380 g/mol. The summed E-state index contributed by atoms with van der Waals surface area (Å²) in [7, 11) is 0. The van der Waals surface area contributed by atoms with Gasteiger partial charge in [0.2, 0.25) is 5.91 Å². The highest BCUT2D eigenvalue weighted by molar-refractivity contribution is 5.86. The molecule has 0 fully saturated rings. The molecule has 0 aliphatic rings. The topological polar surface area (TPSA) is 76.7 Å². The van der Waals surface area contributed by atoms with Gasteiger partial charge < -0.3 is 20.1 Å². The van der Waals surface area contributed by atoms with E-state index in [4.69, 9.17) is 9.47 Å². The van der Waals surface area contributed by atoms with E-state index in [1.54, 1.807) is 27.7 Å². The van der Waals surface area contributed by atoms with Crippen LogP contribution in [-0.2, 0) is 20.9 Å². The summed E-state index contributed by atoms with van der Waals surface area (Å²) in [5.74, 6) is -0.335. The van der Waals surface area contributed by atoms with Gasteiger partial charge in [-0.05, 0) is 45.7 Å². The average molecular weight is 413 g/mol. The molecule has 6 heteroatoms. The van der Waals surface area contributed by atoms with Crippen LogP contribution in [0, 0.1) is 0 Å². The van der Waals surface area contributed by atoms with Crippen LogP contribution >= 0.6 is 0 Å². The maximum absolute atomic E-state index is 13.0. The summed E-state index contributed by atoms with van der Waals surface area (Å²) in [5, 5.41) is 5.62. The maximum atomic E-state index is 13.0. The number of ether oxygens (including phenoxy) is 2. The molecule has 2 amide bonds. The molecule has 0 heterocycles. The Morgan fingerprint density at radius 3 is 2.03 bits per heavy atom. The lowest BCUT2D eigenvalue weighted by atomic mass is 10.1. The number of rotatable bonds is 8. The number of hydrogen-bond donors (Lipinski definition) is 2. The van der Waals surface area contributed by atoms with Gasteiger partial charge in [0.25, 0.3) is 0 Å². The van der Waals surface area contributed by atoms with Gasteiger partial charge in [0.15, 0.2) is 0 Å². The number of amides is 2. The Bertz CT molecular complexity index is 803. The lowest BCUT2D eigenvalue weighted by Gasteiger charge is -2.28. The first-order valence-corrected chi connectivity index (χ1v) is 10.2. The summed E-state index contributed by atoms with van der Waals surface area (Å²) >= 11 is 0. The van der Waals surface area contributed by atoms with Crippen molar-refractivity contribution in [3.8, 4) is 0 Å². The van der Waals surface area contributed by atoms with Crippen LogP contribution in [0.15, 0.2) is 60.7 Å². The molecule has 2 rings (SSSR count). The van der Waals surface area contributed by atoms with Gasteiger partial charge in [0.1, 0.15) is 11.6 Å². The number of nitrogens with one attached hydrogen (secondary N) is 2. The van der Waals surface area contributed by atoms with Crippen molar-refractivity contribution >= 4 is 12.0 Å². The first-order chi connectivity index (χ1) is 14.2. The number of alkyl carbamates (subject to hydrolysis) is 1. The molecule has 0 saturated carbocycles. The summed E-state index contributed by atoms with van der Waals surface area (Å²) in [6, 6.07) is 18.2. The Morgan fingerprint density at radius 2 is 1.47 bits per heavy atom. The summed E-state index contributed by atoms with van der Waals surface area (Å²) in [6.07, 6.45) is -1.23. The fourth-order valence-electron chi connectivity index (χ4n) is 2.86. The third kappa shape index (κ3) is 7.87. The van der Waals surface area contributed by atoms with Crippen LogP contribution in [-0.4, -0.2) is 29.7 Å². The molecule has 2 aromatic rings. The zero-order valence-corrected chi connectivity index (χ0v) is 18.3. The lowest BCUT2D eigenvalue weighted by Crippen LogP contribution is -2.54. The highest BCUT2D eigenvalue weighted by atomic mass is 16.6. The molecule has 2 N–H and O–H groups in total. The van der Waals surface area contributed by atoms with E-state index in [2.05, 4.69) is 10.6 Å². The van der Waals surface area contributed by atoms with Crippen LogP contribution in [0.4, 0.5) is 4.79 Å². The molecule has 0 radical (unpaired) electrons. The first-order valence-electron chi connectivity index (χ1n) is 10.2. The molecule has 0 aromatic heterocycles. The third-order valence-electron chi connectivity index (χ3n) is 4.44.